The lowest BCUT2D eigenvalue weighted by molar-refractivity contribution is 0.620. The van der Waals surface area contributed by atoms with E-state index in [1.165, 1.54) is 27.6 Å². The Bertz CT molecular complexity index is 2010. The van der Waals surface area contributed by atoms with Crippen molar-refractivity contribution in [3.8, 4) is 22.3 Å². The molecule has 1 aliphatic rings. The first-order valence-corrected chi connectivity index (χ1v) is 14.2. The van der Waals surface area contributed by atoms with Crippen molar-refractivity contribution in [3.63, 3.8) is 0 Å². The van der Waals surface area contributed by atoms with Crippen LogP contribution in [0.25, 0.3) is 44.2 Å². The second kappa shape index (κ2) is 8.97. The molecule has 41 heavy (non-hydrogen) atoms. The molecule has 0 spiro atoms. The number of fused-ring (bicyclic) bond motifs is 7. The summed E-state index contributed by atoms with van der Waals surface area (Å²) in [4.78, 5) is 2.29. The van der Waals surface area contributed by atoms with E-state index < -0.39 is 0 Å². The molecule has 2 nitrogen and oxygen atoms in total. The molecule has 0 radical (unpaired) electrons. The Morgan fingerprint density at radius 2 is 1.05 bits per heavy atom. The Hall–Kier alpha value is -5.08. The van der Waals surface area contributed by atoms with E-state index in [0.29, 0.717) is 0 Å². The number of furan rings is 1. The Labute approximate surface area is 240 Å². The van der Waals surface area contributed by atoms with E-state index >= 15 is 0 Å². The lowest BCUT2D eigenvalue weighted by Gasteiger charge is -2.25. The number of nitrogens with zero attached hydrogens (tertiary/aromatic N) is 1. The summed E-state index contributed by atoms with van der Waals surface area (Å²) in [6, 6.07) is 49.6. The van der Waals surface area contributed by atoms with Crippen LogP contribution in [0.5, 0.6) is 0 Å². The van der Waals surface area contributed by atoms with Crippen LogP contribution in [0.4, 0.5) is 17.1 Å². The third kappa shape index (κ3) is 3.57. The molecule has 8 rings (SSSR count). The normalized spacial score (nSPS) is 13.3. The minimum atomic E-state index is -0.126. The largest absolute Gasteiger partial charge is 0.455 e. The fraction of sp³-hybridized carbons (Fsp3) is 0.0769. The summed E-state index contributed by atoms with van der Waals surface area (Å²) >= 11 is 0. The zero-order valence-corrected chi connectivity index (χ0v) is 23.1. The summed E-state index contributed by atoms with van der Waals surface area (Å²) in [5.41, 5.74) is 12.7. The smallest absolute Gasteiger partial charge is 0.143 e. The molecule has 196 valence electrons. The average molecular weight is 528 g/mol. The van der Waals surface area contributed by atoms with E-state index in [0.717, 1.165) is 44.7 Å². The lowest BCUT2D eigenvalue weighted by atomic mass is 9.82. The highest BCUT2D eigenvalue weighted by Gasteiger charge is 2.38. The van der Waals surface area contributed by atoms with Gasteiger partial charge in [0, 0.05) is 44.4 Å². The summed E-state index contributed by atoms with van der Waals surface area (Å²) in [6.45, 7) is 4.63. The van der Waals surface area contributed by atoms with Gasteiger partial charge in [0.15, 0.2) is 0 Å². The quantitative estimate of drug-likeness (QED) is 0.226. The maximum absolute atomic E-state index is 6.85. The molecule has 0 saturated heterocycles. The Morgan fingerprint density at radius 3 is 1.76 bits per heavy atom. The lowest BCUT2D eigenvalue weighted by Crippen LogP contribution is -2.15. The van der Waals surface area contributed by atoms with Crippen LogP contribution in [0.15, 0.2) is 144 Å². The van der Waals surface area contributed by atoms with Gasteiger partial charge in [-0.25, -0.2) is 0 Å². The van der Waals surface area contributed by atoms with E-state index in [1.54, 1.807) is 0 Å². The van der Waals surface area contributed by atoms with Gasteiger partial charge in [-0.15, -0.1) is 0 Å². The Morgan fingerprint density at radius 1 is 0.463 bits per heavy atom. The van der Waals surface area contributed by atoms with Crippen molar-refractivity contribution in [2.45, 2.75) is 19.3 Å². The maximum atomic E-state index is 6.85. The molecule has 7 aromatic rings. The summed E-state index contributed by atoms with van der Waals surface area (Å²) in [6.07, 6.45) is 0. The van der Waals surface area contributed by atoms with Crippen LogP contribution in [0, 0.1) is 0 Å². The molecule has 2 heteroatoms. The van der Waals surface area contributed by atoms with Gasteiger partial charge in [0.25, 0.3) is 0 Å². The number of benzene rings is 6. The summed E-state index contributed by atoms with van der Waals surface area (Å²) in [7, 11) is 0. The second-order valence-electron chi connectivity index (χ2n) is 11.4. The summed E-state index contributed by atoms with van der Waals surface area (Å²) < 4.78 is 6.85. The highest BCUT2D eigenvalue weighted by molar-refractivity contribution is 6.12. The SMILES string of the molecule is CC1(C)c2ccccc2-c2ccc3c(oc4c(-c5ccc(N(c6ccccc6)c6ccccc6)cc5)cccc43)c21. The van der Waals surface area contributed by atoms with Gasteiger partial charge in [0.1, 0.15) is 11.2 Å². The molecule has 0 bridgehead atoms. The topological polar surface area (TPSA) is 16.4 Å². The number of rotatable bonds is 4. The zero-order valence-electron chi connectivity index (χ0n) is 23.1. The van der Waals surface area contributed by atoms with Gasteiger partial charge in [0.05, 0.1) is 0 Å². The molecule has 0 aliphatic heterocycles. The molecule has 0 fully saturated rings. The molecule has 1 aromatic heterocycles. The van der Waals surface area contributed by atoms with Gasteiger partial charge < -0.3 is 9.32 Å². The molecule has 0 amide bonds. The minimum absolute atomic E-state index is 0.126. The monoisotopic (exact) mass is 527 g/mol. The molecule has 1 heterocycles. The first-order chi connectivity index (χ1) is 20.1. The number of hydrogen-bond donors (Lipinski definition) is 0. The first-order valence-electron chi connectivity index (χ1n) is 14.2. The average Bonchev–Trinajstić information content (AvgIpc) is 3.51. The van der Waals surface area contributed by atoms with Crippen molar-refractivity contribution in [2.24, 2.45) is 0 Å². The predicted molar refractivity (Wildman–Crippen MR) is 171 cm³/mol. The number of anilines is 3. The molecule has 1 aliphatic carbocycles. The highest BCUT2D eigenvalue weighted by atomic mass is 16.3. The molecule has 0 saturated carbocycles. The summed E-state index contributed by atoms with van der Waals surface area (Å²) in [5, 5.41) is 2.34. The Balaban J connectivity index is 1.26. The molecule has 0 atom stereocenters. The molecule has 0 N–H and O–H groups in total. The van der Waals surface area contributed by atoms with Crippen LogP contribution in [0.2, 0.25) is 0 Å². The van der Waals surface area contributed by atoms with Gasteiger partial charge in [-0.05, 0) is 64.7 Å². The van der Waals surface area contributed by atoms with Crippen molar-refractivity contribution in [1.29, 1.82) is 0 Å². The number of para-hydroxylation sites is 3. The van der Waals surface area contributed by atoms with Crippen LogP contribution >= 0.6 is 0 Å². The van der Waals surface area contributed by atoms with E-state index in [9.17, 15) is 0 Å². The van der Waals surface area contributed by atoms with Crippen molar-refractivity contribution >= 4 is 39.0 Å². The third-order valence-electron chi connectivity index (χ3n) is 8.65. The summed E-state index contributed by atoms with van der Waals surface area (Å²) in [5.74, 6) is 0. The van der Waals surface area contributed by atoms with E-state index in [1.807, 2.05) is 0 Å². The van der Waals surface area contributed by atoms with E-state index in [-0.39, 0.29) is 5.41 Å². The molecule has 0 unspecified atom stereocenters. The highest BCUT2D eigenvalue weighted by Crippen LogP contribution is 2.53. The van der Waals surface area contributed by atoms with Crippen LogP contribution in [-0.4, -0.2) is 0 Å². The van der Waals surface area contributed by atoms with E-state index in [2.05, 4.69) is 158 Å². The Kier molecular flexibility index (Phi) is 5.20. The van der Waals surface area contributed by atoms with Gasteiger partial charge in [-0.2, -0.15) is 0 Å². The molecule has 6 aromatic carbocycles. The van der Waals surface area contributed by atoms with Gasteiger partial charge in [-0.1, -0.05) is 111 Å². The third-order valence-corrected chi connectivity index (χ3v) is 8.65. The minimum Gasteiger partial charge on any atom is -0.455 e. The van der Waals surface area contributed by atoms with Crippen LogP contribution < -0.4 is 4.90 Å². The fourth-order valence-corrected chi connectivity index (χ4v) is 6.72. The van der Waals surface area contributed by atoms with Crippen LogP contribution in [0.1, 0.15) is 25.0 Å². The van der Waals surface area contributed by atoms with Crippen LogP contribution in [-0.2, 0) is 5.41 Å². The zero-order chi connectivity index (χ0) is 27.6. The standard InChI is InChI=1S/C39H29NO/c1-39(2)35-19-10-9-16-31(35)32-24-25-34-33-18-11-17-30(37(33)41-38(34)36(32)39)26-20-22-29(23-21-26)40(27-12-5-3-6-13-27)28-14-7-4-8-15-28/h3-25H,1-2H3. The van der Waals surface area contributed by atoms with Gasteiger partial charge in [0.2, 0.25) is 0 Å². The van der Waals surface area contributed by atoms with Gasteiger partial charge >= 0.3 is 0 Å². The van der Waals surface area contributed by atoms with Crippen molar-refractivity contribution in [1.82, 2.24) is 0 Å². The molecular weight excluding hydrogens is 498 g/mol. The van der Waals surface area contributed by atoms with Crippen molar-refractivity contribution in [3.05, 3.63) is 151 Å². The fourth-order valence-electron chi connectivity index (χ4n) is 6.72. The second-order valence-corrected chi connectivity index (χ2v) is 11.4. The van der Waals surface area contributed by atoms with E-state index in [4.69, 9.17) is 4.42 Å². The number of hydrogen-bond acceptors (Lipinski definition) is 2. The molecular formula is C39H29NO. The predicted octanol–water partition coefficient (Wildman–Crippen LogP) is 11.0. The van der Waals surface area contributed by atoms with Crippen molar-refractivity contribution < 1.29 is 4.42 Å². The van der Waals surface area contributed by atoms with Crippen molar-refractivity contribution in [2.75, 3.05) is 4.90 Å². The maximum Gasteiger partial charge on any atom is 0.143 e. The first kappa shape index (κ1) is 23.8. The van der Waals surface area contributed by atoms with Crippen LogP contribution in [0.3, 0.4) is 0 Å². The van der Waals surface area contributed by atoms with Gasteiger partial charge in [-0.3, -0.25) is 0 Å².